The van der Waals surface area contributed by atoms with Gasteiger partial charge >= 0.3 is 6.03 Å². The lowest BCUT2D eigenvalue weighted by Crippen LogP contribution is -2.38. The number of anilines is 2. The highest BCUT2D eigenvalue weighted by Gasteiger charge is 2.15. The van der Waals surface area contributed by atoms with E-state index in [1.165, 1.54) is 25.5 Å². The van der Waals surface area contributed by atoms with Crippen LogP contribution in [0.1, 0.15) is 32.1 Å². The third kappa shape index (κ3) is 5.37. The summed E-state index contributed by atoms with van der Waals surface area (Å²) in [6, 6.07) is 10.7. The second-order valence-corrected chi connectivity index (χ2v) is 5.44. The van der Waals surface area contributed by atoms with Crippen molar-refractivity contribution >= 4 is 17.4 Å². The fraction of sp³-hybridized carbons (Fsp3) is 0.353. The highest BCUT2D eigenvalue weighted by Crippen LogP contribution is 2.18. The van der Waals surface area contributed by atoms with Gasteiger partial charge in [-0.3, -0.25) is 0 Å². The predicted octanol–water partition coefficient (Wildman–Crippen LogP) is 3.48. The first-order chi connectivity index (χ1) is 11.2. The Kier molecular flexibility index (Phi) is 6.02. The fourth-order valence-corrected chi connectivity index (χ4v) is 2.49. The molecule has 3 N–H and O–H groups in total. The molecule has 1 aromatic rings. The number of allylic oxidation sites excluding steroid dienone is 1. The SMILES string of the molecule is N#CC(C#N)=CNc1ccc(NC(=O)NC2CCCCC2)cc1. The number of carbonyl (C=O) groups excluding carboxylic acids is 1. The van der Waals surface area contributed by atoms with E-state index in [1.54, 1.807) is 36.4 Å². The highest BCUT2D eigenvalue weighted by molar-refractivity contribution is 5.89. The topological polar surface area (TPSA) is 101 Å². The van der Waals surface area contributed by atoms with Crippen LogP contribution in [0.3, 0.4) is 0 Å². The van der Waals surface area contributed by atoms with Crippen molar-refractivity contribution in [3.63, 3.8) is 0 Å². The zero-order valence-electron chi connectivity index (χ0n) is 12.8. The van der Waals surface area contributed by atoms with E-state index in [0.717, 1.165) is 18.5 Å². The molecule has 0 bridgehead atoms. The Balaban J connectivity index is 1.85. The number of hydrogen-bond donors (Lipinski definition) is 3. The second-order valence-electron chi connectivity index (χ2n) is 5.44. The Morgan fingerprint density at radius 3 is 2.26 bits per heavy atom. The van der Waals surface area contributed by atoms with E-state index in [2.05, 4.69) is 16.0 Å². The van der Waals surface area contributed by atoms with Gasteiger partial charge in [0.1, 0.15) is 17.7 Å². The highest BCUT2D eigenvalue weighted by atomic mass is 16.2. The number of amides is 2. The van der Waals surface area contributed by atoms with E-state index in [1.807, 2.05) is 0 Å². The molecule has 23 heavy (non-hydrogen) atoms. The van der Waals surface area contributed by atoms with E-state index in [0.29, 0.717) is 5.69 Å². The molecule has 118 valence electrons. The Morgan fingerprint density at radius 2 is 1.65 bits per heavy atom. The van der Waals surface area contributed by atoms with Crippen molar-refractivity contribution in [3.8, 4) is 12.1 Å². The standard InChI is InChI=1S/C17H19N5O/c18-10-13(11-19)12-20-14-6-8-16(9-7-14)22-17(23)21-15-4-2-1-3-5-15/h6-9,12,15,20H,1-5H2,(H2,21,22,23). The molecule has 1 aliphatic carbocycles. The number of hydrogen-bond acceptors (Lipinski definition) is 4. The van der Waals surface area contributed by atoms with Gasteiger partial charge in [-0.2, -0.15) is 10.5 Å². The van der Waals surface area contributed by atoms with Gasteiger partial charge in [0.15, 0.2) is 0 Å². The average Bonchev–Trinajstić information content (AvgIpc) is 2.58. The average molecular weight is 309 g/mol. The summed E-state index contributed by atoms with van der Waals surface area (Å²) < 4.78 is 0. The van der Waals surface area contributed by atoms with Crippen LogP contribution in [0.15, 0.2) is 36.0 Å². The van der Waals surface area contributed by atoms with Crippen LogP contribution >= 0.6 is 0 Å². The van der Waals surface area contributed by atoms with Gasteiger partial charge in [0.2, 0.25) is 0 Å². The summed E-state index contributed by atoms with van der Waals surface area (Å²) in [5, 5.41) is 25.9. The summed E-state index contributed by atoms with van der Waals surface area (Å²) in [7, 11) is 0. The van der Waals surface area contributed by atoms with Crippen LogP contribution in [-0.4, -0.2) is 12.1 Å². The molecule has 0 aromatic heterocycles. The van der Waals surface area contributed by atoms with E-state index < -0.39 is 0 Å². The van der Waals surface area contributed by atoms with Gasteiger partial charge in [0.05, 0.1) is 0 Å². The molecule has 6 nitrogen and oxygen atoms in total. The zero-order valence-corrected chi connectivity index (χ0v) is 12.8. The molecule has 0 spiro atoms. The van der Waals surface area contributed by atoms with Crippen LogP contribution in [-0.2, 0) is 0 Å². The third-order valence-electron chi connectivity index (χ3n) is 3.71. The molecule has 6 heteroatoms. The van der Waals surface area contributed by atoms with Crippen LogP contribution in [0.2, 0.25) is 0 Å². The molecule has 1 aromatic carbocycles. The van der Waals surface area contributed by atoms with Gasteiger partial charge in [-0.25, -0.2) is 4.79 Å². The minimum absolute atomic E-state index is 0.000869. The van der Waals surface area contributed by atoms with Gasteiger partial charge in [-0.15, -0.1) is 0 Å². The summed E-state index contributed by atoms with van der Waals surface area (Å²) in [4.78, 5) is 11.9. The molecule has 0 saturated heterocycles. The van der Waals surface area contributed by atoms with Gasteiger partial charge in [0, 0.05) is 23.6 Å². The molecule has 2 rings (SSSR count). The van der Waals surface area contributed by atoms with Crippen molar-refractivity contribution in [1.29, 1.82) is 10.5 Å². The maximum atomic E-state index is 11.9. The van der Waals surface area contributed by atoms with Crippen LogP contribution < -0.4 is 16.0 Å². The van der Waals surface area contributed by atoms with E-state index in [4.69, 9.17) is 10.5 Å². The normalized spacial score (nSPS) is 14.0. The van der Waals surface area contributed by atoms with Crippen LogP contribution in [0.5, 0.6) is 0 Å². The quantitative estimate of drug-likeness (QED) is 0.741. The van der Waals surface area contributed by atoms with Crippen molar-refractivity contribution in [2.45, 2.75) is 38.1 Å². The summed E-state index contributed by atoms with van der Waals surface area (Å²) in [6.45, 7) is 0. The van der Waals surface area contributed by atoms with E-state index >= 15 is 0 Å². The van der Waals surface area contributed by atoms with Crippen LogP contribution in [0.4, 0.5) is 16.2 Å². The first kappa shape index (κ1) is 16.4. The smallest absolute Gasteiger partial charge is 0.319 e. The maximum Gasteiger partial charge on any atom is 0.319 e. The third-order valence-corrected chi connectivity index (χ3v) is 3.71. The maximum absolute atomic E-state index is 11.9. The number of nitrogens with zero attached hydrogens (tertiary/aromatic N) is 2. The summed E-state index contributed by atoms with van der Waals surface area (Å²) in [5.74, 6) is 0. The number of nitrogens with one attached hydrogen (secondary N) is 3. The molecule has 0 radical (unpaired) electrons. The lowest BCUT2D eigenvalue weighted by Gasteiger charge is -2.22. The van der Waals surface area contributed by atoms with Crippen molar-refractivity contribution in [3.05, 3.63) is 36.0 Å². The number of nitriles is 2. The predicted molar refractivity (Wildman–Crippen MR) is 88.4 cm³/mol. The second kappa shape index (κ2) is 8.45. The van der Waals surface area contributed by atoms with E-state index in [9.17, 15) is 4.79 Å². The Bertz CT molecular complexity index is 629. The van der Waals surface area contributed by atoms with Gasteiger partial charge in [-0.1, -0.05) is 19.3 Å². The molecule has 0 heterocycles. The fourth-order valence-electron chi connectivity index (χ4n) is 2.49. The molecule has 0 unspecified atom stereocenters. The first-order valence-corrected chi connectivity index (χ1v) is 7.66. The number of carbonyl (C=O) groups is 1. The summed E-state index contributed by atoms with van der Waals surface area (Å²) in [6.07, 6.45) is 7.03. The molecule has 1 saturated carbocycles. The van der Waals surface area contributed by atoms with Crippen molar-refractivity contribution in [2.24, 2.45) is 0 Å². The van der Waals surface area contributed by atoms with Gasteiger partial charge in [0.25, 0.3) is 0 Å². The van der Waals surface area contributed by atoms with Gasteiger partial charge < -0.3 is 16.0 Å². The molecule has 2 amide bonds. The molecule has 1 aliphatic rings. The molecule has 0 aliphatic heterocycles. The number of benzene rings is 1. The van der Waals surface area contributed by atoms with Crippen LogP contribution in [0, 0.1) is 22.7 Å². The molecular weight excluding hydrogens is 290 g/mol. The Labute approximate surface area is 135 Å². The molecule has 0 atom stereocenters. The lowest BCUT2D eigenvalue weighted by molar-refractivity contribution is 0.244. The molecular formula is C17H19N5O. The Hall–Kier alpha value is -2.99. The lowest BCUT2D eigenvalue weighted by atomic mass is 9.96. The van der Waals surface area contributed by atoms with Crippen LogP contribution in [0.25, 0.3) is 0 Å². The zero-order chi connectivity index (χ0) is 16.5. The minimum Gasteiger partial charge on any atom is -0.360 e. The summed E-state index contributed by atoms with van der Waals surface area (Å²) >= 11 is 0. The number of rotatable bonds is 4. The van der Waals surface area contributed by atoms with E-state index in [-0.39, 0.29) is 17.6 Å². The summed E-state index contributed by atoms with van der Waals surface area (Å²) in [5.41, 5.74) is 1.42. The first-order valence-electron chi connectivity index (χ1n) is 7.66. The largest absolute Gasteiger partial charge is 0.360 e. The monoisotopic (exact) mass is 309 g/mol. The number of urea groups is 1. The van der Waals surface area contributed by atoms with Gasteiger partial charge in [-0.05, 0) is 37.1 Å². The van der Waals surface area contributed by atoms with Crippen molar-refractivity contribution < 1.29 is 4.79 Å². The van der Waals surface area contributed by atoms with Crippen molar-refractivity contribution in [2.75, 3.05) is 10.6 Å². The molecule has 1 fully saturated rings. The Morgan fingerprint density at radius 1 is 1.04 bits per heavy atom. The minimum atomic E-state index is -0.186. The van der Waals surface area contributed by atoms with Crippen molar-refractivity contribution in [1.82, 2.24) is 5.32 Å².